The normalized spacial score (nSPS) is 44.6. The summed E-state index contributed by atoms with van der Waals surface area (Å²) >= 11 is 0. The molecule has 8 saturated carbocycles. The fourth-order valence-corrected chi connectivity index (χ4v) is 19.3. The summed E-state index contributed by atoms with van der Waals surface area (Å²) in [7, 11) is -7.68. The molecule has 408 valence electrons. The number of amides is 2. The van der Waals surface area contributed by atoms with Gasteiger partial charge in [-0.25, -0.2) is 18.4 Å². The number of hydrogen-bond donors (Lipinski definition) is 9. The van der Waals surface area contributed by atoms with Crippen LogP contribution in [0, 0.1) is 92.7 Å². The molecule has 10 N–H and O–H groups in total. The Morgan fingerprint density at radius 3 is 1.58 bits per heavy atom. The summed E-state index contributed by atoms with van der Waals surface area (Å²) < 4.78 is 52.6. The molecule has 0 radical (unpaired) electrons. The predicted octanol–water partition coefficient (Wildman–Crippen LogP) is 5.65. The van der Waals surface area contributed by atoms with Gasteiger partial charge in [0.2, 0.25) is 21.8 Å². The van der Waals surface area contributed by atoms with Crippen LogP contribution in [0.2, 0.25) is 0 Å². The molecule has 18 heteroatoms. The van der Waals surface area contributed by atoms with Gasteiger partial charge in [0.15, 0.2) is 5.60 Å². The Morgan fingerprint density at radius 1 is 0.620 bits per heavy atom. The van der Waals surface area contributed by atoms with Gasteiger partial charge in [0.05, 0.1) is 29.8 Å². The maximum absolute atomic E-state index is 12.6. The van der Waals surface area contributed by atoms with Gasteiger partial charge in [-0.05, 0) is 202 Å². The van der Waals surface area contributed by atoms with Gasteiger partial charge in [0, 0.05) is 31.8 Å². The molecule has 5 unspecified atom stereocenters. The van der Waals surface area contributed by atoms with Crippen molar-refractivity contribution >= 4 is 37.9 Å². The smallest absolute Gasteiger partial charge is 0.336 e. The number of rotatable bonds is 15. The summed E-state index contributed by atoms with van der Waals surface area (Å²) in [6.45, 7) is 13.8. The lowest BCUT2D eigenvalue weighted by Gasteiger charge is -2.64. The fourth-order valence-electron chi connectivity index (χ4n) is 18.6. The molecule has 2 amide bonds. The second-order valence-corrected chi connectivity index (χ2v) is 29.2. The second-order valence-electron chi connectivity index (χ2n) is 25.9. The molecule has 20 atom stereocenters. The average molecular weight is 1040 g/mol. The molecule has 0 aliphatic heterocycles. The van der Waals surface area contributed by atoms with Gasteiger partial charge in [0.1, 0.15) is 0 Å². The maximum atomic E-state index is 12.6. The highest BCUT2D eigenvalue weighted by Crippen LogP contribution is 2.71. The van der Waals surface area contributed by atoms with Crippen LogP contribution in [0.5, 0.6) is 0 Å². The van der Waals surface area contributed by atoms with E-state index in [0.29, 0.717) is 67.1 Å². The number of nitrogens with one attached hydrogen (secondary N) is 2. The number of carboxylic acids is 1. The molecule has 0 heterocycles. The lowest BCUT2D eigenvalue weighted by atomic mass is 9.41. The summed E-state index contributed by atoms with van der Waals surface area (Å²) in [6, 6.07) is 0. The van der Waals surface area contributed by atoms with Gasteiger partial charge in [-0.1, -0.05) is 41.5 Å². The van der Waals surface area contributed by atoms with Gasteiger partial charge in [-0.3, -0.25) is 14.1 Å². The van der Waals surface area contributed by atoms with Crippen molar-refractivity contribution in [2.45, 2.75) is 194 Å². The third-order valence-corrected chi connectivity index (χ3v) is 23.8. The van der Waals surface area contributed by atoms with E-state index in [1.54, 1.807) is 0 Å². The van der Waals surface area contributed by atoms with E-state index >= 15 is 0 Å². The van der Waals surface area contributed by atoms with E-state index in [-0.39, 0.29) is 101 Å². The number of aliphatic hydroxyl groups excluding tert-OH is 3. The summed E-state index contributed by atoms with van der Waals surface area (Å²) in [5.74, 6) is 0.993. The highest BCUT2D eigenvalue weighted by Gasteiger charge is 2.69. The number of sulfonamides is 1. The van der Waals surface area contributed by atoms with Crippen molar-refractivity contribution in [3.8, 4) is 0 Å². The van der Waals surface area contributed by atoms with Crippen LogP contribution in [0.3, 0.4) is 0 Å². The van der Waals surface area contributed by atoms with Crippen molar-refractivity contribution in [3.05, 3.63) is 0 Å². The number of carbonyl (C=O) groups excluding carboxylic acids is 2. The Morgan fingerprint density at radius 2 is 1.06 bits per heavy atom. The molecular weight excluding hydrogens is 951 g/mol. The fraction of sp³-hybridized carbons (Fsp3) is 0.943. The van der Waals surface area contributed by atoms with Crippen molar-refractivity contribution in [2.75, 3.05) is 24.6 Å². The predicted molar refractivity (Wildman–Crippen MR) is 269 cm³/mol. The Hall–Kier alpha value is -1.93. The van der Waals surface area contributed by atoms with Gasteiger partial charge in [0.25, 0.3) is 10.1 Å². The molecule has 0 saturated heterocycles. The van der Waals surface area contributed by atoms with Gasteiger partial charge in [-0.15, -0.1) is 0 Å². The topological polar surface area (TPSA) is 291 Å². The third kappa shape index (κ3) is 11.5. The van der Waals surface area contributed by atoms with E-state index in [1.165, 1.54) is 6.42 Å². The van der Waals surface area contributed by atoms with Crippen LogP contribution in [-0.2, 0) is 34.5 Å². The number of fused-ring (bicyclic) bond motifs is 10. The van der Waals surface area contributed by atoms with E-state index < -0.39 is 43.6 Å². The highest BCUT2D eigenvalue weighted by atomic mass is 32.2. The molecule has 8 rings (SSSR count). The minimum atomic E-state index is -4.06. The number of carbonyl (C=O) groups is 3. The van der Waals surface area contributed by atoms with Crippen molar-refractivity contribution in [2.24, 2.45) is 97.8 Å². The Bertz CT molecular complexity index is 2170. The number of primary sulfonamides is 1. The summed E-state index contributed by atoms with van der Waals surface area (Å²) in [4.78, 5) is 37.1. The Kier molecular flexibility index (Phi) is 17.0. The molecule has 8 fully saturated rings. The standard InChI is InChI=1S/C27H46N2O7S.C26H45NO6S/c1-16(4-7-22(31)29-12-13-37(28,35)36)19-5-6-20-23-21(9-11-26(19,20)3)25(2)10-8-18(30)14-17(25)15-27(23,34)24(32)33;1-16(4-7-23(30)27-12-13-34(31,32)33)19-5-6-20-24-21(9-11-26(19,20)3)25(2)10-8-18(28)14-17(25)15-22(24)29/h16-21,23,30,34H,4-15H2,1-3H3,(H,29,31)(H,32,33)(H2,28,35,36);16-22,24,28-29H,4-15H2,1-3H3,(H,27,30)(H,31,32,33)/t16-,17?,18-,19-,20+,21+,23+,25+,26-,27+;16-,17?,18-,19-,20?,21?,22+,24?,25+,26-/m11/s1. The first-order chi connectivity index (χ1) is 33.0. The number of hydrogen-bond acceptors (Lipinski definition) is 11. The van der Waals surface area contributed by atoms with E-state index in [1.807, 2.05) is 0 Å². The van der Waals surface area contributed by atoms with Crippen LogP contribution in [0.1, 0.15) is 170 Å². The van der Waals surface area contributed by atoms with E-state index in [9.17, 15) is 56.8 Å². The molecule has 0 aromatic rings. The lowest BCUT2D eigenvalue weighted by Crippen LogP contribution is -2.66. The number of nitrogens with two attached hydrogens (primary N) is 1. The largest absolute Gasteiger partial charge is 0.479 e. The molecule has 0 aromatic heterocycles. The number of aliphatic carboxylic acids is 1. The molecule has 0 bridgehead atoms. The zero-order chi connectivity index (χ0) is 52.3. The summed E-state index contributed by atoms with van der Waals surface area (Å²) in [5.41, 5.74) is -1.54. The first kappa shape index (κ1) is 56.8. The monoisotopic (exact) mass is 1040 g/mol. The van der Waals surface area contributed by atoms with Crippen LogP contribution >= 0.6 is 0 Å². The van der Waals surface area contributed by atoms with Crippen molar-refractivity contribution < 1.29 is 61.3 Å². The number of aliphatic hydroxyl groups is 4. The third-order valence-electron chi connectivity index (χ3n) is 22.3. The van der Waals surface area contributed by atoms with Gasteiger partial charge < -0.3 is 36.2 Å². The van der Waals surface area contributed by atoms with E-state index in [0.717, 1.165) is 89.9 Å². The molecule has 8 aliphatic rings. The zero-order valence-electron chi connectivity index (χ0n) is 43.6. The maximum Gasteiger partial charge on any atom is 0.336 e. The van der Waals surface area contributed by atoms with Gasteiger partial charge >= 0.3 is 5.97 Å². The molecule has 8 aliphatic carbocycles. The van der Waals surface area contributed by atoms with Crippen molar-refractivity contribution in [1.29, 1.82) is 0 Å². The first-order valence-corrected chi connectivity index (χ1v) is 30.8. The summed E-state index contributed by atoms with van der Waals surface area (Å²) in [5, 5.41) is 64.3. The SMILES string of the molecule is C[C@H](CCC(=O)NCCS(=O)(=O)O)[C@H]1CCC2C3C(CC[C@@]21C)[C@@]1(C)CC[C@@H](O)CC1C[C@@H]3O.C[C@H](CCC(=O)NCCS(N)(=O)=O)[C@H]1CC[C@H]2[C@H]3[C@H](CC[C@]12C)[C@@]1(C)CC[C@@H](O)CC1C[C@@]3(O)C(=O)O. The second kappa shape index (κ2) is 21.2. The summed E-state index contributed by atoms with van der Waals surface area (Å²) in [6.07, 6.45) is 15.5. The average Bonchev–Trinajstić information content (AvgIpc) is 3.82. The van der Waals surface area contributed by atoms with Crippen LogP contribution in [0.25, 0.3) is 0 Å². The first-order valence-electron chi connectivity index (χ1n) is 27.5. The number of carboxylic acid groups (broad SMARTS) is 1. The highest BCUT2D eigenvalue weighted by molar-refractivity contribution is 7.89. The molecular formula is C53H91N3O13S2. The molecule has 71 heavy (non-hydrogen) atoms. The van der Waals surface area contributed by atoms with E-state index in [4.69, 9.17) is 9.69 Å². The van der Waals surface area contributed by atoms with Gasteiger partial charge in [-0.2, -0.15) is 8.42 Å². The van der Waals surface area contributed by atoms with Crippen molar-refractivity contribution in [1.82, 2.24) is 10.6 Å². The lowest BCUT2D eigenvalue weighted by molar-refractivity contribution is -0.228. The quantitative estimate of drug-likeness (QED) is 0.0898. The Balaban J connectivity index is 0.000000209. The van der Waals surface area contributed by atoms with Crippen LogP contribution in [0.4, 0.5) is 0 Å². The minimum absolute atomic E-state index is 0.00287. The Labute approximate surface area is 424 Å². The molecule has 0 spiro atoms. The van der Waals surface area contributed by atoms with Crippen LogP contribution in [0.15, 0.2) is 0 Å². The van der Waals surface area contributed by atoms with Crippen LogP contribution in [-0.4, -0.2) is 113 Å². The minimum Gasteiger partial charge on any atom is -0.479 e. The molecule has 0 aromatic carbocycles. The van der Waals surface area contributed by atoms with Crippen molar-refractivity contribution in [3.63, 3.8) is 0 Å². The van der Waals surface area contributed by atoms with Crippen LogP contribution < -0.4 is 15.8 Å². The zero-order valence-corrected chi connectivity index (χ0v) is 45.2. The van der Waals surface area contributed by atoms with E-state index in [2.05, 4.69) is 52.2 Å². The molecule has 16 nitrogen and oxygen atoms in total.